The topological polar surface area (TPSA) is 245 Å². The van der Waals surface area contributed by atoms with Crippen LogP contribution < -0.4 is 15.3 Å². The molecule has 0 radical (unpaired) electrons. The molecule has 0 aliphatic heterocycles. The smallest absolute Gasteiger partial charge is 0.368 e. The lowest BCUT2D eigenvalue weighted by molar-refractivity contribution is -0.704. The number of rotatable bonds is 17. The van der Waals surface area contributed by atoms with Gasteiger partial charge in [0.05, 0.1) is 18.6 Å². The summed E-state index contributed by atoms with van der Waals surface area (Å²) >= 11 is 0. The number of aliphatic hydroxyl groups excluding tert-OH is 1. The van der Waals surface area contributed by atoms with Crippen LogP contribution in [0.1, 0.15) is 40.7 Å². The number of phenols is 1. The lowest BCUT2D eigenvalue weighted by Crippen LogP contribution is -2.43. The number of carboxylic acid groups (broad SMARTS) is 1. The normalized spacial score (nSPS) is 13.5. The first-order valence-corrected chi connectivity index (χ1v) is 17.1. The molecule has 2 aromatic heterocycles. The number of carboxylic acids is 1. The molecule has 0 fully saturated rings. The van der Waals surface area contributed by atoms with Crippen LogP contribution in [0.5, 0.6) is 5.75 Å². The molecule has 15 nitrogen and oxygen atoms in total. The highest BCUT2D eigenvalue weighted by atomic mass is 31.2. The van der Waals surface area contributed by atoms with Crippen molar-refractivity contribution in [1.29, 1.82) is 0 Å². The molecule has 2 atom stereocenters. The van der Waals surface area contributed by atoms with Gasteiger partial charge >= 0.3 is 13.6 Å². The summed E-state index contributed by atoms with van der Waals surface area (Å²) < 4.78 is 24.3. The van der Waals surface area contributed by atoms with E-state index in [-0.39, 0.29) is 90.7 Å². The maximum Gasteiger partial charge on any atom is 0.368 e. The van der Waals surface area contributed by atoms with Gasteiger partial charge in [-0.15, -0.1) is 0 Å². The minimum Gasteiger partial charge on any atom is -0.504 e. The molecule has 16 heteroatoms. The Labute approximate surface area is 285 Å². The fourth-order valence-corrected chi connectivity index (χ4v) is 5.67. The monoisotopic (exact) mass is 713 g/mol. The summed E-state index contributed by atoms with van der Waals surface area (Å²) in [5.74, 6) is -2.45. The third-order valence-electron chi connectivity index (χ3n) is 7.93. The summed E-state index contributed by atoms with van der Waals surface area (Å²) in [4.78, 5) is 67.3. The minimum atomic E-state index is -5.41. The summed E-state index contributed by atoms with van der Waals surface area (Å²) in [6.45, 7) is 2.14. The van der Waals surface area contributed by atoms with Crippen LogP contribution in [0.25, 0.3) is 22.3 Å². The molecule has 4 aromatic rings. The average Bonchev–Trinajstić information content (AvgIpc) is 3.06. The molecule has 0 spiro atoms. The summed E-state index contributed by atoms with van der Waals surface area (Å²) in [6.07, 6.45) is 1.31. The van der Waals surface area contributed by atoms with E-state index in [0.717, 1.165) is 0 Å². The van der Waals surface area contributed by atoms with E-state index >= 15 is 0 Å². The van der Waals surface area contributed by atoms with E-state index in [2.05, 4.69) is 5.32 Å². The standard InChI is InChI=1S/C34H37N2O13P/c1-21-4-11-27-28(39)17-29(49-31(27)30(21)40)23-5-7-24(8-6-23)32(41)35-13-16-48-15-12-25(37)9-10-26(38)20-36-14-2-3-22(19-36)18-34(44,33(42)43)50(45,46)47/h2-8,11,14,17,19,26,38,44H,9-10,12-13,15-16,18,20H2,1H3,(H4-,35,40,41,42,43,45,46,47)/p+1. The highest BCUT2D eigenvalue weighted by molar-refractivity contribution is 7.54. The maximum atomic E-state index is 12.6. The molecular weight excluding hydrogens is 675 g/mol. The van der Waals surface area contributed by atoms with Crippen molar-refractivity contribution in [3.8, 4) is 17.1 Å². The van der Waals surface area contributed by atoms with Crippen LogP contribution in [0, 0.1) is 6.92 Å². The van der Waals surface area contributed by atoms with E-state index in [4.69, 9.17) is 14.3 Å². The van der Waals surface area contributed by atoms with Crippen molar-refractivity contribution < 1.29 is 62.9 Å². The number of aromatic nitrogens is 1. The van der Waals surface area contributed by atoms with Gasteiger partial charge in [0, 0.05) is 54.6 Å². The number of aliphatic carboxylic acids is 1. The molecule has 266 valence electrons. The van der Waals surface area contributed by atoms with Crippen LogP contribution in [-0.2, 0) is 31.9 Å². The lowest BCUT2D eigenvalue weighted by atomic mass is 10.1. The van der Waals surface area contributed by atoms with Crippen molar-refractivity contribution in [3.63, 3.8) is 0 Å². The molecule has 0 saturated carbocycles. The number of carbonyl (C=O) groups excluding carboxylic acids is 2. The number of phenolic OH excluding ortho intramolecular Hbond substituents is 1. The second kappa shape index (κ2) is 16.3. The molecular formula is C34H38N2O13P+. The first-order chi connectivity index (χ1) is 23.6. The predicted molar refractivity (Wildman–Crippen MR) is 177 cm³/mol. The Bertz CT molecular complexity index is 1970. The van der Waals surface area contributed by atoms with Crippen molar-refractivity contribution >= 4 is 36.2 Å². The second-order valence-electron chi connectivity index (χ2n) is 11.8. The molecule has 0 saturated heterocycles. The molecule has 7 N–H and O–H groups in total. The summed E-state index contributed by atoms with van der Waals surface area (Å²) in [5, 5.41) is 39.6. The van der Waals surface area contributed by atoms with Gasteiger partial charge in [-0.1, -0.05) is 18.2 Å². The van der Waals surface area contributed by atoms with Crippen molar-refractivity contribution in [2.75, 3.05) is 19.8 Å². The Hall–Kier alpha value is -4.76. The molecule has 50 heavy (non-hydrogen) atoms. The van der Waals surface area contributed by atoms with Gasteiger partial charge in [0.2, 0.25) is 0 Å². The van der Waals surface area contributed by atoms with Crippen LogP contribution >= 0.6 is 7.60 Å². The number of ketones is 1. The number of aryl methyl sites for hydroxylation is 1. The largest absolute Gasteiger partial charge is 0.504 e. The number of benzene rings is 2. The van der Waals surface area contributed by atoms with Gasteiger partial charge in [0.25, 0.3) is 11.2 Å². The number of fused-ring (bicyclic) bond motifs is 1. The first-order valence-electron chi connectivity index (χ1n) is 15.5. The lowest BCUT2D eigenvalue weighted by Gasteiger charge is -2.23. The van der Waals surface area contributed by atoms with Crippen molar-refractivity contribution in [2.45, 2.75) is 50.6 Å². The average molecular weight is 714 g/mol. The Morgan fingerprint density at radius 1 is 1.06 bits per heavy atom. The first kappa shape index (κ1) is 38.0. The van der Waals surface area contributed by atoms with Crippen LogP contribution in [0.4, 0.5) is 0 Å². The molecule has 0 aliphatic rings. The molecule has 2 heterocycles. The van der Waals surface area contributed by atoms with Gasteiger partial charge in [-0.2, -0.15) is 0 Å². The van der Waals surface area contributed by atoms with Crippen LogP contribution in [0.2, 0.25) is 0 Å². The number of aliphatic hydroxyl groups is 2. The SMILES string of the molecule is Cc1ccc2c(=O)cc(-c3ccc(C(=O)NCCOCCC(=O)CCC(O)C[n+]4cccc(CC(O)(C(=O)O)P(=O)(O)O)c4)cc3)oc2c1O. The summed E-state index contributed by atoms with van der Waals surface area (Å²) in [6, 6.07) is 13.8. The van der Waals surface area contributed by atoms with Gasteiger partial charge in [-0.05, 0) is 43.2 Å². The summed E-state index contributed by atoms with van der Waals surface area (Å²) in [5.41, 5.74) is 1.37. The highest BCUT2D eigenvalue weighted by Crippen LogP contribution is 2.50. The highest BCUT2D eigenvalue weighted by Gasteiger charge is 2.53. The van der Waals surface area contributed by atoms with E-state index in [1.807, 2.05) is 0 Å². The van der Waals surface area contributed by atoms with E-state index in [1.54, 1.807) is 43.3 Å². The van der Waals surface area contributed by atoms with E-state index in [0.29, 0.717) is 16.7 Å². The Kier molecular flexibility index (Phi) is 12.4. The number of ether oxygens (including phenoxy) is 1. The molecule has 1 amide bonds. The Morgan fingerprint density at radius 3 is 2.46 bits per heavy atom. The zero-order valence-corrected chi connectivity index (χ0v) is 27.9. The number of nitrogens with one attached hydrogen (secondary N) is 1. The van der Waals surface area contributed by atoms with Gasteiger partial charge in [-0.3, -0.25) is 18.9 Å². The third-order valence-corrected chi connectivity index (χ3v) is 9.25. The number of Topliss-reactive ketones (excluding diaryl/α,β-unsaturated/α-hetero) is 1. The van der Waals surface area contributed by atoms with Crippen molar-refractivity contribution in [2.24, 2.45) is 0 Å². The van der Waals surface area contributed by atoms with Gasteiger partial charge in [-0.25, -0.2) is 9.36 Å². The number of hydrogen-bond acceptors (Lipinski definition) is 10. The van der Waals surface area contributed by atoms with Crippen LogP contribution in [0.15, 0.2) is 76.2 Å². The van der Waals surface area contributed by atoms with Gasteiger partial charge < -0.3 is 44.7 Å². The molecule has 0 aliphatic carbocycles. The fraction of sp³-hybridized carbons (Fsp3) is 0.324. The Morgan fingerprint density at radius 2 is 1.78 bits per heavy atom. The number of pyridine rings is 1. The molecule has 2 aromatic carbocycles. The van der Waals surface area contributed by atoms with Gasteiger partial charge in [0.1, 0.15) is 17.6 Å². The van der Waals surface area contributed by atoms with Crippen molar-refractivity contribution in [3.05, 3.63) is 93.9 Å². The Balaban J connectivity index is 1.15. The number of aromatic hydroxyl groups is 1. The number of carbonyl (C=O) groups is 3. The fourth-order valence-electron chi connectivity index (χ4n) is 5.03. The number of hydrogen-bond donors (Lipinski definition) is 7. The molecule has 4 rings (SSSR count). The number of amides is 1. The van der Waals surface area contributed by atoms with Crippen LogP contribution in [-0.4, -0.2) is 79.1 Å². The van der Waals surface area contributed by atoms with Crippen LogP contribution in [0.3, 0.4) is 0 Å². The number of nitrogens with zero attached hydrogens (tertiary/aromatic N) is 1. The van der Waals surface area contributed by atoms with E-state index < -0.39 is 31.4 Å². The quantitative estimate of drug-likeness (QED) is 0.0470. The zero-order valence-electron chi connectivity index (χ0n) is 27.0. The second-order valence-corrected chi connectivity index (χ2v) is 13.6. The van der Waals surface area contributed by atoms with Crippen molar-refractivity contribution in [1.82, 2.24) is 5.32 Å². The van der Waals surface area contributed by atoms with Gasteiger partial charge in [0.15, 0.2) is 35.7 Å². The minimum absolute atomic E-state index is 0.00553. The maximum absolute atomic E-state index is 12.6. The molecule has 0 bridgehead atoms. The predicted octanol–water partition coefficient (Wildman–Crippen LogP) is 1.80. The summed E-state index contributed by atoms with van der Waals surface area (Å²) in [7, 11) is -5.41. The molecule has 2 unspecified atom stereocenters. The van der Waals surface area contributed by atoms with E-state index in [1.165, 1.54) is 35.2 Å². The van der Waals surface area contributed by atoms with E-state index in [9.17, 15) is 48.8 Å². The zero-order chi connectivity index (χ0) is 36.6. The third kappa shape index (κ3) is 9.47.